The molecule has 0 spiro atoms. The van der Waals surface area contributed by atoms with E-state index in [9.17, 15) is 9.18 Å². The number of amides is 1. The van der Waals surface area contributed by atoms with Crippen LogP contribution in [0.1, 0.15) is 30.9 Å². The molecule has 0 aromatic heterocycles. The van der Waals surface area contributed by atoms with Gasteiger partial charge in [-0.3, -0.25) is 9.69 Å². The first-order valence-electron chi connectivity index (χ1n) is 9.08. The van der Waals surface area contributed by atoms with Crippen LogP contribution in [0.2, 0.25) is 0 Å². The number of benzene rings is 2. The minimum Gasteiger partial charge on any atom is -0.497 e. The Morgan fingerprint density at radius 1 is 1.18 bits per heavy atom. The van der Waals surface area contributed by atoms with Gasteiger partial charge >= 0.3 is 0 Å². The molecule has 1 atom stereocenters. The van der Waals surface area contributed by atoms with E-state index in [-0.39, 0.29) is 17.0 Å². The molecule has 1 fully saturated rings. The summed E-state index contributed by atoms with van der Waals surface area (Å²) in [6.45, 7) is 2.40. The maximum Gasteiger partial charge on any atom is 0.242 e. The van der Waals surface area contributed by atoms with Crippen molar-refractivity contribution in [2.45, 2.75) is 31.6 Å². The first-order chi connectivity index (χ1) is 13.6. The van der Waals surface area contributed by atoms with Crippen LogP contribution in [0.3, 0.4) is 0 Å². The maximum absolute atomic E-state index is 13.2. The van der Waals surface area contributed by atoms with Crippen LogP contribution in [-0.2, 0) is 11.3 Å². The minimum absolute atomic E-state index is 0.0228. The Morgan fingerprint density at radius 2 is 1.89 bits per heavy atom. The number of nitrogens with zero attached hydrogens (tertiary/aromatic N) is 3. The van der Waals surface area contributed by atoms with Gasteiger partial charge in [-0.25, -0.2) is 4.39 Å². The molecule has 28 heavy (non-hydrogen) atoms. The monoisotopic (exact) mass is 399 g/mol. The number of halogens is 1. The number of rotatable bonds is 7. The van der Waals surface area contributed by atoms with Crippen LogP contribution in [0.15, 0.2) is 58.7 Å². The molecule has 1 aliphatic heterocycles. The average molecular weight is 399 g/mol. The molecule has 0 aliphatic carbocycles. The Bertz CT molecular complexity index is 866. The number of ether oxygens (including phenoxy) is 1. The van der Waals surface area contributed by atoms with Gasteiger partial charge in [-0.05, 0) is 53.9 Å². The number of hydrogen-bond donors (Lipinski definition) is 0. The van der Waals surface area contributed by atoms with Crippen molar-refractivity contribution in [1.29, 1.82) is 0 Å². The molecule has 2 aromatic rings. The van der Waals surface area contributed by atoms with Crippen molar-refractivity contribution in [3.05, 3.63) is 65.5 Å². The molecule has 0 unspecified atom stereocenters. The van der Waals surface area contributed by atoms with Gasteiger partial charge in [0, 0.05) is 0 Å². The molecule has 3 rings (SSSR count). The fraction of sp³-hybridized carbons (Fsp3) is 0.286. The second-order valence-corrected chi connectivity index (χ2v) is 7.52. The van der Waals surface area contributed by atoms with Crippen LogP contribution in [-0.4, -0.2) is 34.5 Å². The van der Waals surface area contributed by atoms with E-state index in [0.29, 0.717) is 11.7 Å². The highest BCUT2D eigenvalue weighted by Gasteiger charge is 2.37. The van der Waals surface area contributed by atoms with Gasteiger partial charge in [0.1, 0.15) is 11.6 Å². The Kier molecular flexibility index (Phi) is 6.81. The van der Waals surface area contributed by atoms with E-state index in [0.717, 1.165) is 29.7 Å². The second kappa shape index (κ2) is 9.50. The van der Waals surface area contributed by atoms with E-state index in [1.165, 1.54) is 23.9 Å². The Balaban J connectivity index is 1.77. The highest BCUT2D eigenvalue weighted by Crippen LogP contribution is 2.31. The number of methoxy groups -OCH3 is 1. The lowest BCUT2D eigenvalue weighted by molar-refractivity contribution is -0.126. The molecule has 0 bridgehead atoms. The first kappa shape index (κ1) is 20.1. The van der Waals surface area contributed by atoms with E-state index in [1.54, 1.807) is 30.4 Å². The standard InChI is InChI=1S/C21H22FN3O2S/c1-3-4-19-20(26)25(14-16-5-9-17(22)10-6-16)21(28-19)24-23-13-15-7-11-18(27-2)12-8-15/h5-13,19H,3-4,14H2,1-2H3/b23-13-,24-21-/t19-/m0/s1. The molecular weight excluding hydrogens is 377 g/mol. The summed E-state index contributed by atoms with van der Waals surface area (Å²) < 4.78 is 18.3. The van der Waals surface area contributed by atoms with Crippen molar-refractivity contribution in [1.82, 2.24) is 4.90 Å². The van der Waals surface area contributed by atoms with Crippen molar-refractivity contribution in [2.75, 3.05) is 7.11 Å². The van der Waals surface area contributed by atoms with Crippen LogP contribution >= 0.6 is 11.8 Å². The molecule has 7 heteroatoms. The van der Waals surface area contributed by atoms with Gasteiger partial charge in [-0.15, -0.1) is 5.10 Å². The summed E-state index contributed by atoms with van der Waals surface area (Å²) in [7, 11) is 1.62. The number of amidine groups is 1. The van der Waals surface area contributed by atoms with Crippen molar-refractivity contribution in [3.8, 4) is 5.75 Å². The van der Waals surface area contributed by atoms with Crippen molar-refractivity contribution >= 4 is 29.1 Å². The predicted octanol–water partition coefficient (Wildman–Crippen LogP) is 4.47. The quantitative estimate of drug-likeness (QED) is 0.510. The van der Waals surface area contributed by atoms with Crippen molar-refractivity contribution in [2.24, 2.45) is 10.2 Å². The normalized spacial score (nSPS) is 18.4. The van der Waals surface area contributed by atoms with E-state index in [1.807, 2.05) is 24.3 Å². The number of carbonyl (C=O) groups is 1. The van der Waals surface area contributed by atoms with Gasteiger partial charge in [0.15, 0.2) is 5.17 Å². The number of thioether (sulfide) groups is 1. The summed E-state index contributed by atoms with van der Waals surface area (Å²) in [5, 5.41) is 8.86. The third-order valence-electron chi connectivity index (χ3n) is 4.29. The summed E-state index contributed by atoms with van der Waals surface area (Å²) >= 11 is 1.43. The van der Waals surface area contributed by atoms with Crippen LogP contribution in [0.5, 0.6) is 5.75 Å². The van der Waals surface area contributed by atoms with Crippen LogP contribution in [0.4, 0.5) is 4.39 Å². The molecule has 1 amide bonds. The van der Waals surface area contributed by atoms with Gasteiger partial charge in [-0.2, -0.15) is 5.10 Å². The summed E-state index contributed by atoms with van der Waals surface area (Å²) in [5.74, 6) is 0.496. The van der Waals surface area contributed by atoms with Gasteiger partial charge in [0.25, 0.3) is 0 Å². The molecule has 2 aromatic carbocycles. The lowest BCUT2D eigenvalue weighted by atomic mass is 10.2. The first-order valence-corrected chi connectivity index (χ1v) is 9.96. The molecule has 0 radical (unpaired) electrons. The van der Waals surface area contributed by atoms with Crippen molar-refractivity contribution in [3.63, 3.8) is 0 Å². The topological polar surface area (TPSA) is 54.3 Å². The van der Waals surface area contributed by atoms with E-state index in [4.69, 9.17) is 4.74 Å². The predicted molar refractivity (Wildman–Crippen MR) is 111 cm³/mol. The smallest absolute Gasteiger partial charge is 0.242 e. The largest absolute Gasteiger partial charge is 0.497 e. The molecule has 1 aliphatic rings. The summed E-state index contributed by atoms with van der Waals surface area (Å²) in [4.78, 5) is 14.4. The number of carbonyl (C=O) groups excluding carboxylic acids is 1. The molecular formula is C21H22FN3O2S. The van der Waals surface area contributed by atoms with Crippen LogP contribution < -0.4 is 4.74 Å². The van der Waals surface area contributed by atoms with E-state index < -0.39 is 0 Å². The third kappa shape index (κ3) is 4.98. The van der Waals surface area contributed by atoms with Gasteiger partial charge in [-0.1, -0.05) is 37.2 Å². The van der Waals surface area contributed by atoms with Gasteiger partial charge in [0.2, 0.25) is 5.91 Å². The molecule has 1 saturated heterocycles. The third-order valence-corrected chi connectivity index (χ3v) is 5.53. The fourth-order valence-electron chi connectivity index (χ4n) is 2.78. The Hall–Kier alpha value is -2.67. The van der Waals surface area contributed by atoms with Crippen LogP contribution in [0, 0.1) is 5.82 Å². The Morgan fingerprint density at radius 3 is 2.54 bits per heavy atom. The summed E-state index contributed by atoms with van der Waals surface area (Å²) in [6, 6.07) is 13.6. The molecule has 0 N–H and O–H groups in total. The number of hydrogen-bond acceptors (Lipinski definition) is 5. The highest BCUT2D eigenvalue weighted by atomic mass is 32.2. The van der Waals surface area contributed by atoms with Gasteiger partial charge < -0.3 is 4.74 Å². The SMILES string of the molecule is CCC[C@@H]1S/C(=N\N=C/c2ccc(OC)cc2)N(Cc2ccc(F)cc2)C1=O. The molecule has 146 valence electrons. The van der Waals surface area contributed by atoms with E-state index >= 15 is 0 Å². The maximum atomic E-state index is 13.2. The lowest BCUT2D eigenvalue weighted by Crippen LogP contribution is -2.31. The molecule has 1 heterocycles. The van der Waals surface area contributed by atoms with Crippen LogP contribution in [0.25, 0.3) is 0 Å². The second-order valence-electron chi connectivity index (χ2n) is 6.35. The Labute approximate surface area is 168 Å². The zero-order valence-electron chi connectivity index (χ0n) is 15.8. The summed E-state index contributed by atoms with van der Waals surface area (Å²) in [6.07, 6.45) is 3.33. The van der Waals surface area contributed by atoms with Crippen molar-refractivity contribution < 1.29 is 13.9 Å². The fourth-order valence-corrected chi connectivity index (χ4v) is 4.00. The highest BCUT2D eigenvalue weighted by molar-refractivity contribution is 8.15. The summed E-state index contributed by atoms with van der Waals surface area (Å²) in [5.41, 5.74) is 1.73. The minimum atomic E-state index is -0.298. The zero-order chi connectivity index (χ0) is 19.9. The zero-order valence-corrected chi connectivity index (χ0v) is 16.7. The average Bonchev–Trinajstić information content (AvgIpc) is 2.99. The van der Waals surface area contributed by atoms with Gasteiger partial charge in [0.05, 0.1) is 25.1 Å². The molecule has 0 saturated carbocycles. The molecule has 5 nitrogen and oxygen atoms in total. The van der Waals surface area contributed by atoms with E-state index in [2.05, 4.69) is 17.1 Å². The lowest BCUT2D eigenvalue weighted by Gasteiger charge is -2.15.